The summed E-state index contributed by atoms with van der Waals surface area (Å²) < 4.78 is 80.8. The minimum Gasteiger partial charge on any atom is -0.478 e. The Kier molecular flexibility index (Phi) is 18.5. The van der Waals surface area contributed by atoms with Crippen LogP contribution in [0, 0.1) is 46.7 Å². The summed E-state index contributed by atoms with van der Waals surface area (Å²) in [5.41, 5.74) is 12.9. The lowest BCUT2D eigenvalue weighted by atomic mass is 10.0. The Hall–Kier alpha value is -6.48. The number of likely N-dealkylation sites (tertiary alicyclic amines) is 4. The van der Waals surface area contributed by atoms with Gasteiger partial charge in [-0.15, -0.1) is 0 Å². The number of hydrogen-bond acceptors (Lipinski definition) is 8. The van der Waals surface area contributed by atoms with E-state index >= 15 is 0 Å². The van der Waals surface area contributed by atoms with Crippen molar-refractivity contribution < 1.29 is 65.3 Å². The molecule has 0 unspecified atom stereocenters. The van der Waals surface area contributed by atoms with Crippen LogP contribution in [-0.2, 0) is 32.0 Å². The van der Waals surface area contributed by atoms with Crippen molar-refractivity contribution >= 4 is 58.8 Å². The van der Waals surface area contributed by atoms with Crippen LogP contribution in [0.3, 0.4) is 0 Å². The van der Waals surface area contributed by atoms with Crippen LogP contribution in [0.1, 0.15) is 57.5 Å². The Morgan fingerprint density at radius 2 is 0.917 bits per heavy atom. The monoisotopic (exact) mass is 1050 g/mol. The quantitative estimate of drug-likeness (QED) is 0.0689. The molecule has 8 rings (SSSR count). The first-order valence-corrected chi connectivity index (χ1v) is 23.4. The van der Waals surface area contributed by atoms with E-state index in [2.05, 4.69) is 0 Å². The van der Waals surface area contributed by atoms with Crippen LogP contribution in [0.4, 0.5) is 26.3 Å². The maximum atomic E-state index is 13.9. The van der Waals surface area contributed by atoms with Crippen LogP contribution in [0.15, 0.2) is 84.9 Å². The minimum absolute atomic E-state index is 0.0517. The van der Waals surface area contributed by atoms with Gasteiger partial charge in [0.25, 0.3) is 11.8 Å². The number of halogens is 8. The van der Waals surface area contributed by atoms with Crippen LogP contribution in [0.5, 0.6) is 0 Å². The number of fused-ring (bicyclic) bond motifs is 2. The Balaban J connectivity index is 0.000000205. The Labute approximate surface area is 419 Å². The van der Waals surface area contributed by atoms with Gasteiger partial charge in [0.15, 0.2) is 23.3 Å². The number of benzene rings is 4. The van der Waals surface area contributed by atoms with E-state index in [1.54, 1.807) is 68.1 Å². The van der Waals surface area contributed by atoms with Crippen LogP contribution in [-0.4, -0.2) is 129 Å². The zero-order valence-electron chi connectivity index (χ0n) is 38.3. The fraction of sp³-hybridized carbons (Fsp3) is 0.360. The molecule has 4 saturated heterocycles. The van der Waals surface area contributed by atoms with Gasteiger partial charge in [0, 0.05) is 121 Å². The van der Waals surface area contributed by atoms with E-state index in [1.807, 2.05) is 0 Å². The number of carbonyl (C=O) groups excluding carboxylic acids is 4. The molecule has 0 saturated carbocycles. The van der Waals surface area contributed by atoms with Crippen molar-refractivity contribution in [3.05, 3.63) is 152 Å². The van der Waals surface area contributed by atoms with Crippen molar-refractivity contribution in [1.29, 1.82) is 0 Å². The normalized spacial score (nSPS) is 19.8. The number of carbonyl (C=O) groups is 6. The van der Waals surface area contributed by atoms with Gasteiger partial charge in [-0.3, -0.25) is 19.2 Å². The summed E-state index contributed by atoms with van der Waals surface area (Å²) in [4.78, 5) is 77.5. The predicted molar refractivity (Wildman–Crippen MR) is 252 cm³/mol. The Bertz CT molecular complexity index is 2560. The van der Waals surface area contributed by atoms with Crippen molar-refractivity contribution in [2.24, 2.45) is 23.3 Å². The molecule has 6 atom stereocenters. The van der Waals surface area contributed by atoms with Gasteiger partial charge in [-0.25, -0.2) is 35.9 Å². The molecule has 0 radical (unpaired) electrons. The van der Waals surface area contributed by atoms with E-state index in [1.165, 1.54) is 0 Å². The highest BCUT2D eigenvalue weighted by Gasteiger charge is 2.46. The van der Waals surface area contributed by atoms with Gasteiger partial charge in [-0.2, -0.15) is 0 Å². The van der Waals surface area contributed by atoms with E-state index in [4.69, 9.17) is 44.9 Å². The third-order valence-electron chi connectivity index (χ3n) is 12.8. The van der Waals surface area contributed by atoms with E-state index in [0.717, 1.165) is 25.0 Å². The number of aliphatic carboxylic acids is 2. The number of hydrogen-bond donors (Lipinski definition) is 4. The zero-order chi connectivity index (χ0) is 52.6. The molecular formula is C50H50Cl2F6N6O8. The van der Waals surface area contributed by atoms with Gasteiger partial charge in [0.05, 0.1) is 12.1 Å². The first-order valence-electron chi connectivity index (χ1n) is 22.7. The predicted octanol–water partition coefficient (Wildman–Crippen LogP) is 6.49. The van der Waals surface area contributed by atoms with Crippen LogP contribution in [0.2, 0.25) is 10.0 Å². The zero-order valence-corrected chi connectivity index (χ0v) is 39.9. The number of nitrogens with two attached hydrogens (primary N) is 2. The molecule has 0 spiro atoms. The van der Waals surface area contributed by atoms with Gasteiger partial charge in [-0.1, -0.05) is 35.3 Å². The molecule has 0 aliphatic carbocycles. The highest BCUT2D eigenvalue weighted by molar-refractivity contribution is 6.31. The molecule has 22 heteroatoms. The first kappa shape index (κ1) is 54.8. The number of carboxylic acid groups (broad SMARTS) is 2. The van der Waals surface area contributed by atoms with Crippen LogP contribution >= 0.6 is 23.2 Å². The minimum atomic E-state index is -1.27. The SMILES string of the molecule is N[C@@H](CC(=O)N1CC[C@H]2CN(C(=O)c3cccc(Cl)c3)C[C@H]21)Cc1cc(F)c(F)cc1F.N[C@@H](CC(=O)N1CC[C@H]2CN(C(=O)c3cccc(Cl)c3)C[C@H]21)Cc1cc(F)c(F)cc1F.O=C(O)/C=C/C(=O)O. The second-order valence-electron chi connectivity index (χ2n) is 17.9. The fourth-order valence-corrected chi connectivity index (χ4v) is 9.84. The van der Waals surface area contributed by atoms with Gasteiger partial charge < -0.3 is 41.3 Å². The van der Waals surface area contributed by atoms with Crippen molar-refractivity contribution in [2.45, 2.75) is 62.7 Å². The number of carboxylic acids is 2. The van der Waals surface area contributed by atoms with Gasteiger partial charge in [0.1, 0.15) is 11.6 Å². The summed E-state index contributed by atoms with van der Waals surface area (Å²) in [6.45, 7) is 3.11. The van der Waals surface area contributed by atoms with E-state index < -0.39 is 58.9 Å². The van der Waals surface area contributed by atoms with Gasteiger partial charge in [0.2, 0.25) is 11.8 Å². The van der Waals surface area contributed by atoms with Crippen molar-refractivity contribution in [2.75, 3.05) is 39.3 Å². The first-order chi connectivity index (χ1) is 34.1. The largest absolute Gasteiger partial charge is 0.478 e. The summed E-state index contributed by atoms with van der Waals surface area (Å²) in [5, 5.41) is 16.6. The summed E-state index contributed by atoms with van der Waals surface area (Å²) in [7, 11) is 0. The maximum absolute atomic E-state index is 13.9. The lowest BCUT2D eigenvalue weighted by Crippen LogP contribution is -2.43. The summed E-state index contributed by atoms with van der Waals surface area (Å²) in [6, 6.07) is 14.3. The highest BCUT2D eigenvalue weighted by Crippen LogP contribution is 2.35. The molecular weight excluding hydrogens is 997 g/mol. The molecule has 4 fully saturated rings. The number of rotatable bonds is 12. The van der Waals surface area contributed by atoms with Crippen molar-refractivity contribution in [1.82, 2.24) is 19.6 Å². The van der Waals surface area contributed by atoms with Crippen molar-refractivity contribution in [3.63, 3.8) is 0 Å². The number of nitrogens with zero attached hydrogens (tertiary/aromatic N) is 4. The molecule has 0 bridgehead atoms. The Morgan fingerprint density at radius 3 is 1.26 bits per heavy atom. The molecule has 4 heterocycles. The van der Waals surface area contributed by atoms with E-state index in [9.17, 15) is 55.1 Å². The van der Waals surface area contributed by atoms with Gasteiger partial charge in [-0.05, 0) is 85.3 Å². The third kappa shape index (κ3) is 14.1. The molecule has 6 N–H and O–H groups in total. The summed E-state index contributed by atoms with van der Waals surface area (Å²) >= 11 is 12.0. The average Bonchev–Trinajstić information content (AvgIpc) is 4.12. The van der Waals surface area contributed by atoms with Crippen molar-refractivity contribution in [3.8, 4) is 0 Å². The standard InChI is InChI=1S/2C23H23ClF3N3O2.C4H4O4/c2*24-16-3-1-2-13(6-16)23(32)29-11-14-4-5-30(21(14)12-29)22(31)9-17(28)7-15-8-19(26)20(27)10-18(15)25;5-3(6)1-2-4(7)8/h2*1-3,6,8,10,14,17,21H,4-5,7,9,11-12,28H2;1-2H,(H,5,6)(H,7,8)/b;;2-1+/t2*14-,17+,21+;/m00./s1. The lowest BCUT2D eigenvalue weighted by Gasteiger charge is -2.26. The molecule has 4 amide bonds. The topological polar surface area (TPSA) is 208 Å². The molecule has 72 heavy (non-hydrogen) atoms. The second kappa shape index (κ2) is 24.3. The van der Waals surface area contributed by atoms with Gasteiger partial charge >= 0.3 is 11.9 Å². The molecule has 4 aliphatic heterocycles. The fourth-order valence-electron chi connectivity index (χ4n) is 9.46. The smallest absolute Gasteiger partial charge is 0.328 e. The highest BCUT2D eigenvalue weighted by atomic mass is 35.5. The maximum Gasteiger partial charge on any atom is 0.328 e. The average molecular weight is 1050 g/mol. The second-order valence-corrected chi connectivity index (χ2v) is 18.8. The van der Waals surface area contributed by atoms with E-state index in [-0.39, 0.29) is 84.4 Å². The number of amides is 4. The van der Waals surface area contributed by atoms with Crippen LogP contribution in [0.25, 0.3) is 0 Å². The Morgan fingerprint density at radius 1 is 0.556 bits per heavy atom. The van der Waals surface area contributed by atoms with E-state index in [0.29, 0.717) is 84.7 Å². The molecule has 0 aromatic heterocycles. The molecule has 384 valence electrons. The molecule has 4 aromatic carbocycles. The molecule has 14 nitrogen and oxygen atoms in total. The lowest BCUT2D eigenvalue weighted by molar-refractivity contribution is -0.134. The molecule has 4 aliphatic rings. The summed E-state index contributed by atoms with van der Waals surface area (Å²) in [5.74, 6) is -9.40. The molecule has 4 aromatic rings. The third-order valence-corrected chi connectivity index (χ3v) is 13.3. The van der Waals surface area contributed by atoms with Crippen LogP contribution < -0.4 is 11.5 Å². The summed E-state index contributed by atoms with van der Waals surface area (Å²) in [6.07, 6.45) is 2.40.